The molecular weight excluding hydrogens is 436 g/mol. The second kappa shape index (κ2) is 9.05. The van der Waals surface area contributed by atoms with Gasteiger partial charge in [-0.2, -0.15) is 0 Å². The number of hydrogen-bond acceptors (Lipinski definition) is 7. The van der Waals surface area contributed by atoms with Crippen LogP contribution in [0.2, 0.25) is 0 Å². The van der Waals surface area contributed by atoms with Crippen LogP contribution in [0.25, 0.3) is 11.1 Å². The number of benzene rings is 2. The lowest BCUT2D eigenvalue weighted by Gasteiger charge is -2.36. The number of piperazine rings is 1. The van der Waals surface area contributed by atoms with Gasteiger partial charge in [-0.25, -0.2) is 17.9 Å². The van der Waals surface area contributed by atoms with E-state index in [1.54, 1.807) is 12.0 Å². The van der Waals surface area contributed by atoms with E-state index in [4.69, 9.17) is 9.15 Å². The minimum Gasteiger partial charge on any atom is -0.497 e. The molecule has 1 saturated heterocycles. The molecule has 3 aromatic rings. The molecule has 0 atom stereocenters. The lowest BCUT2D eigenvalue weighted by molar-refractivity contribution is -0.131. The molecule has 0 bridgehead atoms. The predicted octanol–water partition coefficient (Wildman–Crippen LogP) is 1.15. The minimum absolute atomic E-state index is 0.0189. The summed E-state index contributed by atoms with van der Waals surface area (Å²) < 4.78 is 37.5. The molecular formula is C21H24N4O6S. The van der Waals surface area contributed by atoms with Gasteiger partial charge in [-0.3, -0.25) is 9.78 Å². The molecule has 1 aliphatic heterocycles. The number of amides is 1. The fourth-order valence-corrected chi connectivity index (χ4v) is 4.68. The van der Waals surface area contributed by atoms with Crippen molar-refractivity contribution >= 4 is 32.7 Å². The van der Waals surface area contributed by atoms with Gasteiger partial charge in [0.15, 0.2) is 5.58 Å². The molecule has 2 N–H and O–H groups in total. The maximum absolute atomic E-state index is 12.5. The molecule has 0 spiro atoms. The van der Waals surface area contributed by atoms with E-state index in [0.29, 0.717) is 31.7 Å². The minimum atomic E-state index is -3.83. The van der Waals surface area contributed by atoms with Crippen LogP contribution in [0.15, 0.2) is 56.6 Å². The number of aromatic amines is 1. The third-order valence-electron chi connectivity index (χ3n) is 5.40. The lowest BCUT2D eigenvalue weighted by atomic mass is 10.2. The molecule has 0 radical (unpaired) electrons. The summed E-state index contributed by atoms with van der Waals surface area (Å²) in [5.41, 5.74) is 1.64. The standard InChI is InChI=1S/C21H24N4O6S/c1-30-16-4-2-15(3-5-16)24-10-12-25(13-11-24)20(26)8-9-22-32(28,29)17-6-7-18-19(14-17)31-21(27)23-18/h2-7,14,22H,8-13H2,1H3,(H,23,27). The summed E-state index contributed by atoms with van der Waals surface area (Å²) in [4.78, 5) is 30.1. The van der Waals surface area contributed by atoms with Gasteiger partial charge in [0.05, 0.1) is 17.5 Å². The molecule has 0 saturated carbocycles. The quantitative estimate of drug-likeness (QED) is 0.542. The van der Waals surface area contributed by atoms with E-state index in [-0.39, 0.29) is 29.4 Å². The topological polar surface area (TPSA) is 125 Å². The molecule has 2 heterocycles. The Balaban J connectivity index is 1.27. The van der Waals surface area contributed by atoms with Crippen molar-refractivity contribution in [1.82, 2.24) is 14.6 Å². The predicted molar refractivity (Wildman–Crippen MR) is 118 cm³/mol. The van der Waals surface area contributed by atoms with Crippen molar-refractivity contribution in [3.8, 4) is 5.75 Å². The van der Waals surface area contributed by atoms with E-state index >= 15 is 0 Å². The monoisotopic (exact) mass is 460 g/mol. The highest BCUT2D eigenvalue weighted by Gasteiger charge is 2.22. The molecule has 1 amide bonds. The Hall–Kier alpha value is -3.31. The van der Waals surface area contributed by atoms with Gasteiger partial charge in [0.2, 0.25) is 15.9 Å². The number of aromatic nitrogens is 1. The van der Waals surface area contributed by atoms with Gasteiger partial charge in [-0.05, 0) is 36.4 Å². The molecule has 1 aliphatic rings. The molecule has 11 heteroatoms. The second-order valence-electron chi connectivity index (χ2n) is 7.39. The van der Waals surface area contributed by atoms with Crippen molar-refractivity contribution in [2.75, 3.05) is 44.7 Å². The molecule has 32 heavy (non-hydrogen) atoms. The Morgan fingerprint density at radius 3 is 2.53 bits per heavy atom. The number of rotatable bonds is 7. The molecule has 0 aliphatic carbocycles. The summed E-state index contributed by atoms with van der Waals surface area (Å²) in [5.74, 6) is 0.0388. The highest BCUT2D eigenvalue weighted by atomic mass is 32.2. The third-order valence-corrected chi connectivity index (χ3v) is 6.86. The molecule has 4 rings (SSSR count). The third kappa shape index (κ3) is 4.78. The van der Waals surface area contributed by atoms with Crippen LogP contribution in [-0.4, -0.2) is 64.0 Å². The van der Waals surface area contributed by atoms with E-state index in [1.165, 1.54) is 18.2 Å². The van der Waals surface area contributed by atoms with Crippen LogP contribution in [0.5, 0.6) is 5.75 Å². The zero-order valence-electron chi connectivity index (χ0n) is 17.5. The van der Waals surface area contributed by atoms with E-state index in [9.17, 15) is 18.0 Å². The first kappa shape index (κ1) is 21.9. The molecule has 1 fully saturated rings. The maximum Gasteiger partial charge on any atom is 0.417 e. The summed E-state index contributed by atoms with van der Waals surface area (Å²) in [5, 5.41) is 0. The van der Waals surface area contributed by atoms with E-state index in [0.717, 1.165) is 11.4 Å². The fraction of sp³-hybridized carbons (Fsp3) is 0.333. The highest BCUT2D eigenvalue weighted by molar-refractivity contribution is 7.89. The van der Waals surface area contributed by atoms with Crippen molar-refractivity contribution in [2.45, 2.75) is 11.3 Å². The van der Waals surface area contributed by atoms with Gasteiger partial charge >= 0.3 is 5.76 Å². The second-order valence-corrected chi connectivity index (χ2v) is 9.15. The van der Waals surface area contributed by atoms with E-state index in [1.807, 2.05) is 24.3 Å². The number of nitrogens with zero attached hydrogens (tertiary/aromatic N) is 2. The number of methoxy groups -OCH3 is 1. The molecule has 0 unspecified atom stereocenters. The van der Waals surface area contributed by atoms with Gasteiger partial charge in [0.25, 0.3) is 0 Å². The van der Waals surface area contributed by atoms with Crippen LogP contribution in [0.4, 0.5) is 5.69 Å². The van der Waals surface area contributed by atoms with Crippen molar-refractivity contribution in [3.63, 3.8) is 0 Å². The van der Waals surface area contributed by atoms with Gasteiger partial charge in [-0.15, -0.1) is 0 Å². The summed E-state index contributed by atoms with van der Waals surface area (Å²) in [6.07, 6.45) is 0.0588. The number of oxazole rings is 1. The normalized spacial score (nSPS) is 14.7. The van der Waals surface area contributed by atoms with Crippen molar-refractivity contribution in [2.24, 2.45) is 0 Å². The summed E-state index contributed by atoms with van der Waals surface area (Å²) >= 11 is 0. The summed E-state index contributed by atoms with van der Waals surface area (Å²) in [7, 11) is -2.21. The largest absolute Gasteiger partial charge is 0.497 e. The average molecular weight is 461 g/mol. The zero-order chi connectivity index (χ0) is 22.7. The molecule has 1 aromatic heterocycles. The van der Waals surface area contributed by atoms with Crippen LogP contribution in [0.3, 0.4) is 0 Å². The summed E-state index contributed by atoms with van der Waals surface area (Å²) in [6, 6.07) is 11.9. The number of carbonyl (C=O) groups excluding carboxylic acids is 1. The molecule has 10 nitrogen and oxygen atoms in total. The van der Waals surface area contributed by atoms with E-state index in [2.05, 4.69) is 14.6 Å². The smallest absolute Gasteiger partial charge is 0.417 e. The first-order chi connectivity index (χ1) is 15.4. The Kier molecular flexibility index (Phi) is 6.19. The number of carbonyl (C=O) groups is 1. The Bertz CT molecular complexity index is 1260. The fourth-order valence-electron chi connectivity index (χ4n) is 3.63. The Morgan fingerprint density at radius 2 is 1.84 bits per heavy atom. The number of ether oxygens (including phenoxy) is 1. The van der Waals surface area contributed by atoms with Crippen molar-refractivity contribution in [3.05, 3.63) is 53.0 Å². The Labute approximate surface area is 184 Å². The SMILES string of the molecule is COc1ccc(N2CCN(C(=O)CCNS(=O)(=O)c3ccc4[nH]c(=O)oc4c3)CC2)cc1. The highest BCUT2D eigenvalue weighted by Crippen LogP contribution is 2.21. The first-order valence-electron chi connectivity index (χ1n) is 10.1. The van der Waals surface area contributed by atoms with Gasteiger partial charge in [0.1, 0.15) is 5.75 Å². The number of fused-ring (bicyclic) bond motifs is 1. The van der Waals surface area contributed by atoms with Crippen LogP contribution in [0.1, 0.15) is 6.42 Å². The van der Waals surface area contributed by atoms with Gasteiger partial charge in [0, 0.05) is 50.9 Å². The van der Waals surface area contributed by atoms with E-state index < -0.39 is 15.8 Å². The number of nitrogens with one attached hydrogen (secondary N) is 2. The van der Waals surface area contributed by atoms with Crippen molar-refractivity contribution in [1.29, 1.82) is 0 Å². The van der Waals surface area contributed by atoms with Crippen LogP contribution in [-0.2, 0) is 14.8 Å². The molecule has 2 aromatic carbocycles. The number of anilines is 1. The van der Waals surface area contributed by atoms with Gasteiger partial charge in [-0.1, -0.05) is 0 Å². The van der Waals surface area contributed by atoms with Gasteiger partial charge < -0.3 is 19.0 Å². The first-order valence-corrected chi connectivity index (χ1v) is 11.6. The zero-order valence-corrected chi connectivity index (χ0v) is 18.4. The average Bonchev–Trinajstić information content (AvgIpc) is 3.18. The van der Waals surface area contributed by atoms with Crippen molar-refractivity contribution < 1.29 is 22.4 Å². The van der Waals surface area contributed by atoms with Crippen LogP contribution in [0, 0.1) is 0 Å². The maximum atomic E-state index is 12.5. The van der Waals surface area contributed by atoms with Crippen LogP contribution < -0.4 is 20.1 Å². The summed E-state index contributed by atoms with van der Waals surface area (Å²) in [6.45, 7) is 2.52. The molecule has 170 valence electrons. The lowest BCUT2D eigenvalue weighted by Crippen LogP contribution is -2.49. The Morgan fingerprint density at radius 1 is 1.12 bits per heavy atom. The van der Waals surface area contributed by atoms with Crippen LogP contribution >= 0.6 is 0 Å². The number of sulfonamides is 1. The number of H-pyrrole nitrogens is 1. The number of hydrogen-bond donors (Lipinski definition) is 2.